The van der Waals surface area contributed by atoms with Gasteiger partial charge in [-0.2, -0.15) is 0 Å². The lowest BCUT2D eigenvalue weighted by atomic mass is 10.1. The van der Waals surface area contributed by atoms with Crippen molar-refractivity contribution in [1.29, 1.82) is 0 Å². The Balaban J connectivity index is 1.64. The van der Waals surface area contributed by atoms with Crippen LogP contribution in [-0.4, -0.2) is 46.2 Å². The number of carbonyl (C=O) groups is 4. The minimum Gasteiger partial charge on any atom is -0.454 e. The average molecular weight is 442 g/mol. The second-order valence-electron chi connectivity index (χ2n) is 5.92. The van der Waals surface area contributed by atoms with E-state index in [9.17, 15) is 19.2 Å². The Labute approximate surface area is 173 Å². The van der Waals surface area contributed by atoms with Crippen molar-refractivity contribution in [3.8, 4) is 0 Å². The molecule has 1 aromatic heterocycles. The zero-order valence-corrected chi connectivity index (χ0v) is 16.9. The lowest BCUT2D eigenvalue weighted by Gasteiger charge is -2.20. The molecule has 3 rings (SSSR count). The first-order valence-corrected chi connectivity index (χ1v) is 9.58. The van der Waals surface area contributed by atoms with Gasteiger partial charge < -0.3 is 4.74 Å². The van der Waals surface area contributed by atoms with Crippen LogP contribution < -0.4 is 5.32 Å². The van der Waals surface area contributed by atoms with Crippen molar-refractivity contribution in [3.63, 3.8) is 0 Å². The number of imide groups is 1. The van der Waals surface area contributed by atoms with E-state index in [0.717, 1.165) is 10.6 Å². The van der Waals surface area contributed by atoms with Gasteiger partial charge in [-0.25, -0.2) is 9.78 Å². The topological polar surface area (TPSA) is 106 Å². The number of anilines is 1. The van der Waals surface area contributed by atoms with Crippen LogP contribution in [0.4, 0.5) is 5.13 Å². The smallest absolute Gasteiger partial charge is 0.329 e. The highest BCUT2D eigenvalue weighted by Gasteiger charge is 2.42. The number of amides is 3. The normalized spacial score (nSPS) is 14.1. The van der Waals surface area contributed by atoms with E-state index < -0.39 is 36.3 Å². The first-order chi connectivity index (χ1) is 13.2. The number of halogens is 2. The Morgan fingerprint density at radius 3 is 2.29 bits per heavy atom. The lowest BCUT2D eigenvalue weighted by Crippen LogP contribution is -2.44. The molecule has 28 heavy (non-hydrogen) atoms. The van der Waals surface area contributed by atoms with Crippen LogP contribution in [0.2, 0.25) is 10.0 Å². The number of fused-ring (bicyclic) bond motifs is 1. The number of hydrogen-bond donors (Lipinski definition) is 1. The van der Waals surface area contributed by atoms with Gasteiger partial charge in [0.1, 0.15) is 6.04 Å². The van der Waals surface area contributed by atoms with Crippen molar-refractivity contribution in [3.05, 3.63) is 44.4 Å². The Bertz CT molecular complexity index is 966. The maximum absolute atomic E-state index is 12.5. The zero-order chi connectivity index (χ0) is 20.6. The summed E-state index contributed by atoms with van der Waals surface area (Å²) in [6.07, 6.45) is 0. The fourth-order valence-corrected chi connectivity index (χ4v) is 3.57. The maximum Gasteiger partial charge on any atom is 0.329 e. The van der Waals surface area contributed by atoms with Gasteiger partial charge in [-0.3, -0.25) is 24.6 Å². The Kier molecular flexibility index (Phi) is 5.69. The van der Waals surface area contributed by atoms with Crippen LogP contribution in [0.1, 0.15) is 33.3 Å². The van der Waals surface area contributed by atoms with Crippen LogP contribution in [0.25, 0.3) is 0 Å². The SMILES string of the molecule is Cc1csc(NC(=O)COC(=O)C(C)N2C(=O)c3cc(Cl)c(Cl)cc3C2=O)n1. The molecule has 0 spiro atoms. The number of aromatic nitrogens is 1. The first-order valence-electron chi connectivity index (χ1n) is 7.94. The van der Waals surface area contributed by atoms with Gasteiger partial charge in [0.25, 0.3) is 17.7 Å². The molecule has 8 nitrogen and oxygen atoms in total. The number of rotatable bonds is 5. The fraction of sp³-hybridized carbons (Fsp3) is 0.235. The molecule has 2 heterocycles. The third kappa shape index (κ3) is 3.87. The van der Waals surface area contributed by atoms with E-state index in [2.05, 4.69) is 10.3 Å². The van der Waals surface area contributed by atoms with Crippen LogP contribution >= 0.6 is 34.5 Å². The first kappa shape index (κ1) is 20.2. The largest absolute Gasteiger partial charge is 0.454 e. The summed E-state index contributed by atoms with van der Waals surface area (Å²) in [6.45, 7) is 2.52. The van der Waals surface area contributed by atoms with Gasteiger partial charge in [0.05, 0.1) is 26.9 Å². The van der Waals surface area contributed by atoms with Gasteiger partial charge in [-0.05, 0) is 26.0 Å². The van der Waals surface area contributed by atoms with Crippen LogP contribution in [0.5, 0.6) is 0 Å². The highest BCUT2D eigenvalue weighted by molar-refractivity contribution is 7.13. The molecule has 0 aliphatic carbocycles. The number of nitrogens with one attached hydrogen (secondary N) is 1. The summed E-state index contributed by atoms with van der Waals surface area (Å²) in [5.41, 5.74) is 0.851. The van der Waals surface area contributed by atoms with Gasteiger partial charge in [0, 0.05) is 5.38 Å². The summed E-state index contributed by atoms with van der Waals surface area (Å²) >= 11 is 13.0. The minimum absolute atomic E-state index is 0.0518. The summed E-state index contributed by atoms with van der Waals surface area (Å²) in [5.74, 6) is -2.87. The van der Waals surface area contributed by atoms with Crippen LogP contribution in [0.3, 0.4) is 0 Å². The molecule has 1 N–H and O–H groups in total. The second-order valence-corrected chi connectivity index (χ2v) is 7.59. The average Bonchev–Trinajstić information content (AvgIpc) is 3.14. The molecule has 3 amide bonds. The van der Waals surface area contributed by atoms with E-state index in [4.69, 9.17) is 27.9 Å². The quantitative estimate of drug-likeness (QED) is 0.564. The third-order valence-electron chi connectivity index (χ3n) is 3.90. The molecule has 146 valence electrons. The highest BCUT2D eigenvalue weighted by Crippen LogP contribution is 2.32. The zero-order valence-electron chi connectivity index (χ0n) is 14.6. The van der Waals surface area contributed by atoms with Gasteiger partial charge in [0.2, 0.25) is 0 Å². The molecule has 2 aromatic rings. The molecule has 0 bridgehead atoms. The molecular formula is C17H13Cl2N3O5S. The van der Waals surface area contributed by atoms with E-state index in [1.54, 1.807) is 12.3 Å². The van der Waals surface area contributed by atoms with Crippen LogP contribution in [0, 0.1) is 6.92 Å². The molecule has 1 atom stereocenters. The Morgan fingerprint density at radius 1 is 1.21 bits per heavy atom. The number of hydrogen-bond acceptors (Lipinski definition) is 7. The van der Waals surface area contributed by atoms with E-state index in [-0.39, 0.29) is 21.2 Å². The Hall–Kier alpha value is -2.49. The number of thiazole rings is 1. The lowest BCUT2D eigenvalue weighted by molar-refractivity contribution is -0.150. The Morgan fingerprint density at radius 2 is 1.79 bits per heavy atom. The van der Waals surface area contributed by atoms with E-state index >= 15 is 0 Å². The summed E-state index contributed by atoms with van der Waals surface area (Å²) in [5, 5.41) is 4.85. The molecule has 11 heteroatoms. The van der Waals surface area contributed by atoms with E-state index in [1.165, 1.54) is 30.4 Å². The van der Waals surface area contributed by atoms with Crippen molar-refractivity contribution < 1.29 is 23.9 Å². The van der Waals surface area contributed by atoms with Gasteiger partial charge in [-0.1, -0.05) is 23.2 Å². The number of benzene rings is 1. The van der Waals surface area contributed by atoms with Gasteiger partial charge in [0.15, 0.2) is 11.7 Å². The van der Waals surface area contributed by atoms with E-state index in [0.29, 0.717) is 5.13 Å². The molecule has 0 fully saturated rings. The number of carbonyl (C=O) groups excluding carboxylic acids is 4. The highest BCUT2D eigenvalue weighted by atomic mass is 35.5. The third-order valence-corrected chi connectivity index (χ3v) is 5.50. The van der Waals surface area contributed by atoms with Gasteiger partial charge >= 0.3 is 5.97 Å². The summed E-state index contributed by atoms with van der Waals surface area (Å²) in [6, 6.07) is 1.32. The monoisotopic (exact) mass is 441 g/mol. The molecule has 1 unspecified atom stereocenters. The number of aryl methyl sites for hydroxylation is 1. The van der Waals surface area contributed by atoms with Crippen LogP contribution in [-0.2, 0) is 14.3 Å². The molecule has 1 aliphatic rings. The summed E-state index contributed by atoms with van der Waals surface area (Å²) < 4.78 is 4.93. The van der Waals surface area contributed by atoms with Crippen LogP contribution in [0.15, 0.2) is 17.5 Å². The molecule has 1 aromatic carbocycles. The van der Waals surface area contributed by atoms with Gasteiger partial charge in [-0.15, -0.1) is 11.3 Å². The molecule has 0 saturated heterocycles. The number of ether oxygens (including phenoxy) is 1. The summed E-state index contributed by atoms with van der Waals surface area (Å²) in [4.78, 5) is 53.9. The summed E-state index contributed by atoms with van der Waals surface area (Å²) in [7, 11) is 0. The van der Waals surface area contributed by atoms with Crippen molar-refractivity contribution >= 4 is 63.4 Å². The van der Waals surface area contributed by atoms with Crippen molar-refractivity contribution in [2.24, 2.45) is 0 Å². The van der Waals surface area contributed by atoms with E-state index in [1.807, 2.05) is 0 Å². The predicted octanol–water partition coefficient (Wildman–Crippen LogP) is 2.92. The number of esters is 1. The predicted molar refractivity (Wildman–Crippen MR) is 103 cm³/mol. The fourth-order valence-electron chi connectivity index (χ4n) is 2.53. The maximum atomic E-state index is 12.5. The second kappa shape index (κ2) is 7.86. The van der Waals surface area contributed by atoms with Crippen molar-refractivity contribution in [2.45, 2.75) is 19.9 Å². The molecule has 0 saturated carbocycles. The minimum atomic E-state index is -1.24. The standard InChI is InChI=1S/C17H13Cl2N3O5S/c1-7-6-28-17(20-7)21-13(23)5-27-16(26)8(2)22-14(24)9-3-11(18)12(19)4-10(9)15(22)25/h3-4,6,8H,5H2,1-2H3,(H,20,21,23). The van der Waals surface area contributed by atoms with Crippen molar-refractivity contribution in [1.82, 2.24) is 9.88 Å². The molecule has 1 aliphatic heterocycles. The van der Waals surface area contributed by atoms with Crippen molar-refractivity contribution in [2.75, 3.05) is 11.9 Å². The number of nitrogens with zero attached hydrogens (tertiary/aromatic N) is 2. The molecule has 0 radical (unpaired) electrons. The molecular weight excluding hydrogens is 429 g/mol.